The minimum Gasteiger partial charge on any atom is -0.396 e. The summed E-state index contributed by atoms with van der Waals surface area (Å²) in [5.74, 6) is -1.84. The van der Waals surface area contributed by atoms with Crippen molar-refractivity contribution in [2.24, 2.45) is 5.73 Å². The molecule has 5 heteroatoms. The molecule has 1 aromatic rings. The second kappa shape index (κ2) is 6.52. The van der Waals surface area contributed by atoms with E-state index >= 15 is 0 Å². The van der Waals surface area contributed by atoms with Crippen molar-refractivity contribution >= 4 is 0 Å². The monoisotopic (exact) mass is 231 g/mol. The number of ether oxygens (including phenoxy) is 1. The quantitative estimate of drug-likeness (QED) is 0.727. The van der Waals surface area contributed by atoms with E-state index in [-0.39, 0.29) is 25.3 Å². The van der Waals surface area contributed by atoms with Crippen LogP contribution in [0.5, 0.6) is 0 Å². The van der Waals surface area contributed by atoms with Gasteiger partial charge >= 0.3 is 0 Å². The molecule has 0 aromatic heterocycles. The Morgan fingerprint density at radius 3 is 2.75 bits per heavy atom. The van der Waals surface area contributed by atoms with Crippen LogP contribution in [0.3, 0.4) is 0 Å². The average molecular weight is 231 g/mol. The van der Waals surface area contributed by atoms with Gasteiger partial charge in [-0.05, 0) is 12.5 Å². The molecule has 0 radical (unpaired) electrons. The highest BCUT2D eigenvalue weighted by Crippen LogP contribution is 2.21. The number of hydrogen-bond acceptors (Lipinski definition) is 3. The Morgan fingerprint density at radius 2 is 2.12 bits per heavy atom. The molecule has 0 heterocycles. The molecule has 3 N–H and O–H groups in total. The smallest absolute Gasteiger partial charge is 0.164 e. The molecular formula is C11H15F2NO2. The zero-order chi connectivity index (χ0) is 12.0. The first-order valence-electron chi connectivity index (χ1n) is 5.07. The van der Waals surface area contributed by atoms with Crippen LogP contribution in [-0.2, 0) is 4.74 Å². The van der Waals surface area contributed by atoms with Crippen LogP contribution >= 0.6 is 0 Å². The predicted molar refractivity (Wildman–Crippen MR) is 55.8 cm³/mol. The first kappa shape index (κ1) is 13.0. The van der Waals surface area contributed by atoms with Gasteiger partial charge in [0.05, 0.1) is 6.10 Å². The number of halogens is 2. The standard InChI is InChI=1S/C11H15F2NO2/c12-9-4-1-3-8(11(9)13)10(7-14)16-6-2-5-15/h1,3-4,10,15H,2,5-7,14H2. The molecule has 0 saturated carbocycles. The Morgan fingerprint density at radius 1 is 1.38 bits per heavy atom. The number of nitrogens with two attached hydrogens (primary N) is 1. The van der Waals surface area contributed by atoms with Crippen LogP contribution in [-0.4, -0.2) is 24.9 Å². The predicted octanol–water partition coefficient (Wildman–Crippen LogP) is 1.36. The van der Waals surface area contributed by atoms with E-state index in [1.807, 2.05) is 0 Å². The molecule has 1 atom stereocenters. The summed E-state index contributed by atoms with van der Waals surface area (Å²) in [7, 11) is 0. The molecule has 0 fully saturated rings. The Hall–Kier alpha value is -1.04. The van der Waals surface area contributed by atoms with Gasteiger partial charge in [0.25, 0.3) is 0 Å². The summed E-state index contributed by atoms with van der Waals surface area (Å²) in [6.07, 6.45) is -0.241. The highest BCUT2D eigenvalue weighted by atomic mass is 19.2. The summed E-state index contributed by atoms with van der Waals surface area (Å²) in [6.45, 7) is 0.309. The largest absolute Gasteiger partial charge is 0.396 e. The van der Waals surface area contributed by atoms with Crippen molar-refractivity contribution in [2.75, 3.05) is 19.8 Å². The van der Waals surface area contributed by atoms with E-state index in [1.54, 1.807) is 0 Å². The Balaban J connectivity index is 2.74. The topological polar surface area (TPSA) is 55.5 Å². The Labute approximate surface area is 92.8 Å². The van der Waals surface area contributed by atoms with Crippen LogP contribution in [0.25, 0.3) is 0 Å². The number of benzene rings is 1. The molecule has 0 spiro atoms. The van der Waals surface area contributed by atoms with Gasteiger partial charge < -0.3 is 15.6 Å². The second-order valence-electron chi connectivity index (χ2n) is 3.32. The zero-order valence-electron chi connectivity index (χ0n) is 8.83. The number of aliphatic hydroxyl groups is 1. The van der Waals surface area contributed by atoms with Gasteiger partial charge in [-0.2, -0.15) is 0 Å². The van der Waals surface area contributed by atoms with E-state index in [0.717, 1.165) is 6.07 Å². The van der Waals surface area contributed by atoms with Crippen molar-refractivity contribution in [2.45, 2.75) is 12.5 Å². The van der Waals surface area contributed by atoms with Crippen molar-refractivity contribution in [1.82, 2.24) is 0 Å². The van der Waals surface area contributed by atoms with Gasteiger partial charge in [0, 0.05) is 25.3 Å². The zero-order valence-corrected chi connectivity index (χ0v) is 8.83. The lowest BCUT2D eigenvalue weighted by molar-refractivity contribution is 0.0463. The Bertz CT molecular complexity index is 334. The number of aliphatic hydroxyl groups excluding tert-OH is 1. The maximum atomic E-state index is 13.4. The van der Waals surface area contributed by atoms with Gasteiger partial charge in [-0.3, -0.25) is 0 Å². The van der Waals surface area contributed by atoms with Crippen molar-refractivity contribution in [3.8, 4) is 0 Å². The van der Waals surface area contributed by atoms with E-state index in [9.17, 15) is 8.78 Å². The third kappa shape index (κ3) is 3.23. The maximum absolute atomic E-state index is 13.4. The van der Waals surface area contributed by atoms with Crippen LogP contribution in [0.2, 0.25) is 0 Å². The average Bonchev–Trinajstić information content (AvgIpc) is 2.29. The molecule has 90 valence electrons. The molecule has 0 amide bonds. The van der Waals surface area contributed by atoms with E-state index in [4.69, 9.17) is 15.6 Å². The molecule has 0 aliphatic heterocycles. The minimum absolute atomic E-state index is 0.0110. The SMILES string of the molecule is NCC(OCCCO)c1cccc(F)c1F. The third-order valence-electron chi connectivity index (χ3n) is 2.16. The van der Waals surface area contributed by atoms with Gasteiger partial charge in [-0.15, -0.1) is 0 Å². The molecular weight excluding hydrogens is 216 g/mol. The van der Waals surface area contributed by atoms with E-state index in [0.29, 0.717) is 6.42 Å². The third-order valence-corrected chi connectivity index (χ3v) is 2.16. The van der Waals surface area contributed by atoms with Crippen molar-refractivity contribution in [3.63, 3.8) is 0 Å². The highest BCUT2D eigenvalue weighted by Gasteiger charge is 2.17. The molecule has 0 bridgehead atoms. The fraction of sp³-hybridized carbons (Fsp3) is 0.455. The molecule has 3 nitrogen and oxygen atoms in total. The first-order valence-corrected chi connectivity index (χ1v) is 5.07. The summed E-state index contributed by atoms with van der Waals surface area (Å²) in [4.78, 5) is 0. The van der Waals surface area contributed by atoms with E-state index in [2.05, 4.69) is 0 Å². The lowest BCUT2D eigenvalue weighted by atomic mass is 10.1. The number of rotatable bonds is 6. The number of hydrogen-bond donors (Lipinski definition) is 2. The van der Waals surface area contributed by atoms with Crippen LogP contribution < -0.4 is 5.73 Å². The molecule has 0 aliphatic rings. The van der Waals surface area contributed by atoms with Gasteiger partial charge in [-0.25, -0.2) is 8.78 Å². The maximum Gasteiger partial charge on any atom is 0.164 e. The second-order valence-corrected chi connectivity index (χ2v) is 3.32. The summed E-state index contributed by atoms with van der Waals surface area (Å²) in [5.41, 5.74) is 5.54. The van der Waals surface area contributed by atoms with Crippen LogP contribution in [0.15, 0.2) is 18.2 Å². The summed E-state index contributed by atoms with van der Waals surface area (Å²) in [6, 6.07) is 3.89. The summed E-state index contributed by atoms with van der Waals surface area (Å²) >= 11 is 0. The molecule has 0 aliphatic carbocycles. The van der Waals surface area contributed by atoms with Crippen molar-refractivity contribution in [3.05, 3.63) is 35.4 Å². The van der Waals surface area contributed by atoms with Gasteiger partial charge in [0.15, 0.2) is 11.6 Å². The summed E-state index contributed by atoms with van der Waals surface area (Å²) in [5, 5.41) is 8.58. The Kier molecular flexibility index (Phi) is 5.31. The van der Waals surface area contributed by atoms with Crippen LogP contribution in [0, 0.1) is 11.6 Å². The summed E-state index contributed by atoms with van der Waals surface area (Å²) < 4.78 is 31.6. The first-order chi connectivity index (χ1) is 7.70. The van der Waals surface area contributed by atoms with E-state index < -0.39 is 17.7 Å². The normalized spacial score (nSPS) is 12.8. The molecule has 1 aromatic carbocycles. The van der Waals surface area contributed by atoms with Crippen molar-refractivity contribution < 1.29 is 18.6 Å². The minimum atomic E-state index is -0.929. The lowest BCUT2D eigenvalue weighted by Gasteiger charge is -2.16. The van der Waals surface area contributed by atoms with Crippen LogP contribution in [0.1, 0.15) is 18.1 Å². The molecule has 1 rings (SSSR count). The van der Waals surface area contributed by atoms with Crippen LogP contribution in [0.4, 0.5) is 8.78 Å². The van der Waals surface area contributed by atoms with E-state index in [1.165, 1.54) is 12.1 Å². The highest BCUT2D eigenvalue weighted by molar-refractivity contribution is 5.21. The van der Waals surface area contributed by atoms with Gasteiger partial charge in [-0.1, -0.05) is 12.1 Å². The molecule has 1 unspecified atom stereocenters. The molecule has 0 saturated heterocycles. The van der Waals surface area contributed by atoms with Gasteiger partial charge in [0.1, 0.15) is 0 Å². The lowest BCUT2D eigenvalue weighted by Crippen LogP contribution is -2.18. The fourth-order valence-electron chi connectivity index (χ4n) is 1.34. The molecule has 16 heavy (non-hydrogen) atoms. The fourth-order valence-corrected chi connectivity index (χ4v) is 1.34. The van der Waals surface area contributed by atoms with Gasteiger partial charge in [0.2, 0.25) is 0 Å². The van der Waals surface area contributed by atoms with Crippen molar-refractivity contribution in [1.29, 1.82) is 0 Å².